The van der Waals surface area contributed by atoms with Crippen LogP contribution in [0.2, 0.25) is 5.02 Å². The third-order valence-corrected chi connectivity index (χ3v) is 7.31. The maximum Gasteiger partial charge on any atom is 0.416 e. The number of aromatic nitrogens is 2. The summed E-state index contributed by atoms with van der Waals surface area (Å²) in [6, 6.07) is 9.28. The van der Waals surface area contributed by atoms with Crippen molar-refractivity contribution in [3.8, 4) is 11.4 Å². The van der Waals surface area contributed by atoms with Gasteiger partial charge in [-0.15, -0.1) is 0 Å². The Balaban J connectivity index is 1.50. The van der Waals surface area contributed by atoms with E-state index in [-0.39, 0.29) is 41.2 Å². The van der Waals surface area contributed by atoms with E-state index in [0.717, 1.165) is 12.1 Å². The van der Waals surface area contributed by atoms with E-state index in [0.29, 0.717) is 10.6 Å². The maximum atomic E-state index is 12.9. The summed E-state index contributed by atoms with van der Waals surface area (Å²) in [7, 11) is -3.73. The minimum absolute atomic E-state index is 0.0168. The lowest BCUT2D eigenvalue weighted by molar-refractivity contribution is -0.137. The highest BCUT2D eigenvalue weighted by molar-refractivity contribution is 7.89. The Bertz CT molecular complexity index is 1200. The summed E-state index contributed by atoms with van der Waals surface area (Å²) in [5, 5.41) is 4.10. The van der Waals surface area contributed by atoms with Gasteiger partial charge in [0.25, 0.3) is 0 Å². The van der Waals surface area contributed by atoms with Crippen LogP contribution in [-0.2, 0) is 16.2 Å². The molecule has 0 bridgehead atoms. The Morgan fingerprint density at radius 3 is 2.57 bits per heavy atom. The van der Waals surface area contributed by atoms with Crippen molar-refractivity contribution in [3.05, 3.63) is 64.5 Å². The van der Waals surface area contributed by atoms with E-state index in [4.69, 9.17) is 16.1 Å². The number of nitrogens with zero attached hydrogens (tertiary/aromatic N) is 3. The largest absolute Gasteiger partial charge is 0.416 e. The molecule has 0 unspecified atom stereocenters. The van der Waals surface area contributed by atoms with Crippen molar-refractivity contribution in [2.75, 3.05) is 13.1 Å². The molecule has 3 aromatic rings. The smallest absolute Gasteiger partial charge is 0.339 e. The highest BCUT2D eigenvalue weighted by Crippen LogP contribution is 2.35. The Hall–Kier alpha value is -2.43. The number of alkyl halides is 3. The number of hydrogen-bond donors (Lipinski definition) is 0. The van der Waals surface area contributed by atoms with Crippen LogP contribution in [0.5, 0.6) is 0 Å². The summed E-state index contributed by atoms with van der Waals surface area (Å²) in [5.74, 6) is -0.147. The molecule has 2 heterocycles. The van der Waals surface area contributed by atoms with Crippen molar-refractivity contribution in [1.82, 2.24) is 14.4 Å². The highest BCUT2D eigenvalue weighted by atomic mass is 35.5. The standard InChI is InChI=1S/C19H15ClF3N3O3S/c1-11-15(20)6-3-7-16(11)30(27,28)26-9-13(10-26)18-24-17(25-29-18)12-4-2-5-14(8-12)19(21,22)23/h2-8,13H,9-10H2,1H3. The van der Waals surface area contributed by atoms with Crippen LogP contribution in [0.4, 0.5) is 13.2 Å². The zero-order chi connectivity index (χ0) is 21.7. The predicted molar refractivity (Wildman–Crippen MR) is 102 cm³/mol. The molecule has 4 rings (SSSR count). The van der Waals surface area contributed by atoms with Crippen LogP contribution < -0.4 is 0 Å². The third-order valence-electron chi connectivity index (χ3n) is 4.92. The molecule has 0 spiro atoms. The quantitative estimate of drug-likeness (QED) is 0.576. The molecule has 1 saturated heterocycles. The molecule has 0 amide bonds. The second-order valence-electron chi connectivity index (χ2n) is 6.92. The van der Waals surface area contributed by atoms with E-state index >= 15 is 0 Å². The predicted octanol–water partition coefficient (Wildman–Crippen LogP) is 4.51. The van der Waals surface area contributed by atoms with E-state index in [2.05, 4.69) is 10.1 Å². The van der Waals surface area contributed by atoms with E-state index in [9.17, 15) is 21.6 Å². The van der Waals surface area contributed by atoms with Gasteiger partial charge in [-0.2, -0.15) is 22.5 Å². The minimum atomic E-state index is -4.48. The molecule has 6 nitrogen and oxygen atoms in total. The first-order valence-electron chi connectivity index (χ1n) is 8.84. The molecular formula is C19H15ClF3N3O3S. The van der Waals surface area contributed by atoms with Crippen molar-refractivity contribution in [1.29, 1.82) is 0 Å². The van der Waals surface area contributed by atoms with Crippen LogP contribution in [0, 0.1) is 6.92 Å². The van der Waals surface area contributed by atoms with Crippen molar-refractivity contribution in [2.45, 2.75) is 23.9 Å². The minimum Gasteiger partial charge on any atom is -0.339 e. The van der Waals surface area contributed by atoms with E-state index in [1.807, 2.05) is 0 Å². The summed E-state index contributed by atoms with van der Waals surface area (Å²) in [5.41, 5.74) is -0.186. The summed E-state index contributed by atoms with van der Waals surface area (Å²) in [6.45, 7) is 1.88. The van der Waals surface area contributed by atoms with Gasteiger partial charge in [0.2, 0.25) is 21.7 Å². The normalized spacial score (nSPS) is 15.9. The van der Waals surface area contributed by atoms with E-state index in [1.165, 1.54) is 22.5 Å². The van der Waals surface area contributed by atoms with Crippen molar-refractivity contribution < 1.29 is 26.1 Å². The molecule has 0 N–H and O–H groups in total. The molecule has 0 radical (unpaired) electrons. The van der Waals surface area contributed by atoms with Gasteiger partial charge in [-0.05, 0) is 36.8 Å². The van der Waals surface area contributed by atoms with E-state index < -0.39 is 21.8 Å². The van der Waals surface area contributed by atoms with Crippen LogP contribution in [0.1, 0.15) is 22.9 Å². The fraction of sp³-hybridized carbons (Fsp3) is 0.263. The van der Waals surface area contributed by atoms with Crippen LogP contribution >= 0.6 is 11.6 Å². The lowest BCUT2D eigenvalue weighted by Gasteiger charge is -2.36. The van der Waals surface area contributed by atoms with Gasteiger partial charge < -0.3 is 4.52 Å². The second-order valence-corrected chi connectivity index (χ2v) is 9.23. The molecule has 158 valence electrons. The SMILES string of the molecule is Cc1c(Cl)cccc1S(=O)(=O)N1CC(c2nc(-c3cccc(C(F)(F)F)c3)no2)C1. The molecule has 0 aliphatic carbocycles. The average Bonchev–Trinajstić information content (AvgIpc) is 3.11. The van der Waals surface area contributed by atoms with Gasteiger partial charge >= 0.3 is 6.18 Å². The molecule has 1 aromatic heterocycles. The van der Waals surface area contributed by atoms with Crippen molar-refractivity contribution >= 4 is 21.6 Å². The Morgan fingerprint density at radius 2 is 1.87 bits per heavy atom. The van der Waals surface area contributed by atoms with Gasteiger partial charge in [-0.25, -0.2) is 8.42 Å². The first-order chi connectivity index (χ1) is 14.1. The van der Waals surface area contributed by atoms with Gasteiger partial charge in [-0.1, -0.05) is 35.0 Å². The topological polar surface area (TPSA) is 76.3 Å². The van der Waals surface area contributed by atoms with Gasteiger partial charge in [-0.3, -0.25) is 0 Å². The highest BCUT2D eigenvalue weighted by Gasteiger charge is 2.41. The molecular weight excluding hydrogens is 443 g/mol. The summed E-state index contributed by atoms with van der Waals surface area (Å²) < 4.78 is 70.8. The zero-order valence-electron chi connectivity index (χ0n) is 15.5. The first kappa shape index (κ1) is 20.8. The summed E-state index contributed by atoms with van der Waals surface area (Å²) >= 11 is 6.02. The molecule has 0 atom stereocenters. The van der Waals surface area contributed by atoms with E-state index in [1.54, 1.807) is 19.1 Å². The Morgan fingerprint density at radius 1 is 1.17 bits per heavy atom. The van der Waals surface area contributed by atoms with Gasteiger partial charge in [0.15, 0.2) is 0 Å². The number of hydrogen-bond acceptors (Lipinski definition) is 5. The van der Waals surface area contributed by atoms with Gasteiger partial charge in [0.1, 0.15) is 0 Å². The van der Waals surface area contributed by atoms with Crippen molar-refractivity contribution in [3.63, 3.8) is 0 Å². The fourth-order valence-corrected chi connectivity index (χ4v) is 5.16. The molecule has 2 aromatic carbocycles. The monoisotopic (exact) mass is 457 g/mol. The molecule has 1 aliphatic rings. The lowest BCUT2D eigenvalue weighted by atomic mass is 10.0. The molecule has 0 saturated carbocycles. The van der Waals surface area contributed by atoms with Crippen LogP contribution in [0.25, 0.3) is 11.4 Å². The number of rotatable bonds is 4. The maximum absolute atomic E-state index is 12.9. The molecule has 1 fully saturated rings. The number of sulfonamides is 1. The zero-order valence-corrected chi connectivity index (χ0v) is 17.1. The average molecular weight is 458 g/mol. The molecule has 1 aliphatic heterocycles. The van der Waals surface area contributed by atoms with Crippen molar-refractivity contribution in [2.24, 2.45) is 0 Å². The number of benzene rings is 2. The molecule has 30 heavy (non-hydrogen) atoms. The first-order valence-corrected chi connectivity index (χ1v) is 10.7. The summed E-state index contributed by atoms with van der Waals surface area (Å²) in [4.78, 5) is 4.29. The van der Waals surface area contributed by atoms with Gasteiger partial charge in [0.05, 0.1) is 16.4 Å². The fourth-order valence-electron chi connectivity index (χ4n) is 3.15. The third kappa shape index (κ3) is 3.70. The number of halogens is 4. The Kier molecular flexibility index (Phi) is 5.11. The second kappa shape index (κ2) is 7.36. The lowest BCUT2D eigenvalue weighted by Crippen LogP contribution is -2.48. The summed E-state index contributed by atoms with van der Waals surface area (Å²) in [6.07, 6.45) is -4.48. The Labute approximate surface area is 175 Å². The van der Waals surface area contributed by atoms with Crippen LogP contribution in [0.15, 0.2) is 51.9 Å². The van der Waals surface area contributed by atoms with Crippen LogP contribution in [-0.4, -0.2) is 36.0 Å². The molecule has 11 heteroatoms. The van der Waals surface area contributed by atoms with Gasteiger partial charge in [0, 0.05) is 23.7 Å². The van der Waals surface area contributed by atoms with Crippen LogP contribution in [0.3, 0.4) is 0 Å².